The Kier molecular flexibility index (Phi) is 3.17. The number of carbonyl (C=O) groups is 2. The fourth-order valence-corrected chi connectivity index (χ4v) is 3.75. The van der Waals surface area contributed by atoms with Gasteiger partial charge in [0, 0.05) is 25.0 Å². The van der Waals surface area contributed by atoms with Crippen molar-refractivity contribution in [2.45, 2.75) is 50.7 Å². The zero-order valence-corrected chi connectivity index (χ0v) is 14.0. The molecule has 0 aromatic carbocycles. The number of aromatic amines is 1. The van der Waals surface area contributed by atoms with Gasteiger partial charge in [-0.1, -0.05) is 0 Å². The third kappa shape index (κ3) is 2.60. The van der Waals surface area contributed by atoms with Gasteiger partial charge in [-0.05, 0) is 25.7 Å². The van der Waals surface area contributed by atoms with Crippen LogP contribution in [0.5, 0.6) is 0 Å². The molecule has 0 radical (unpaired) electrons. The maximum absolute atomic E-state index is 12.6. The van der Waals surface area contributed by atoms with Crippen molar-refractivity contribution in [3.63, 3.8) is 0 Å². The standard InChI is InChI=1S/C17H21N5O3/c23-14(9-20-5-6-22(17(20)25)11-3-4-11)21-7-12-13(8-21)18-15(10-1-2-10)19-16(12)24/h10-11H,1-9H2,(H,18,19,24). The summed E-state index contributed by atoms with van der Waals surface area (Å²) in [4.78, 5) is 49.8. The van der Waals surface area contributed by atoms with Crippen molar-refractivity contribution in [1.82, 2.24) is 24.7 Å². The molecule has 0 unspecified atom stereocenters. The van der Waals surface area contributed by atoms with E-state index in [9.17, 15) is 14.4 Å². The van der Waals surface area contributed by atoms with Gasteiger partial charge in [0.2, 0.25) is 5.91 Å². The van der Waals surface area contributed by atoms with E-state index in [4.69, 9.17) is 0 Å². The van der Waals surface area contributed by atoms with Crippen molar-refractivity contribution >= 4 is 11.9 Å². The molecule has 0 bridgehead atoms. The van der Waals surface area contributed by atoms with Gasteiger partial charge in [-0.15, -0.1) is 0 Å². The lowest BCUT2D eigenvalue weighted by Crippen LogP contribution is -2.40. The number of nitrogens with one attached hydrogen (secondary N) is 1. The summed E-state index contributed by atoms with van der Waals surface area (Å²) in [5.41, 5.74) is 1.18. The van der Waals surface area contributed by atoms with Crippen molar-refractivity contribution in [3.8, 4) is 0 Å². The first-order chi connectivity index (χ1) is 12.1. The molecule has 0 atom stereocenters. The minimum Gasteiger partial charge on any atom is -0.331 e. The summed E-state index contributed by atoms with van der Waals surface area (Å²) in [5, 5.41) is 0. The van der Waals surface area contributed by atoms with Crippen LogP contribution in [-0.4, -0.2) is 62.3 Å². The van der Waals surface area contributed by atoms with E-state index in [1.807, 2.05) is 4.90 Å². The normalized spacial score (nSPS) is 22.7. The number of rotatable bonds is 4. The van der Waals surface area contributed by atoms with E-state index < -0.39 is 0 Å². The van der Waals surface area contributed by atoms with Gasteiger partial charge in [-0.2, -0.15) is 0 Å². The summed E-state index contributed by atoms with van der Waals surface area (Å²) >= 11 is 0. The summed E-state index contributed by atoms with van der Waals surface area (Å²) in [6.07, 6.45) is 4.29. The number of carbonyl (C=O) groups excluding carboxylic acids is 2. The van der Waals surface area contributed by atoms with Crippen LogP contribution in [0.4, 0.5) is 4.79 Å². The number of nitrogens with zero attached hydrogens (tertiary/aromatic N) is 4. The minimum absolute atomic E-state index is 0.0282. The Morgan fingerprint density at radius 2 is 1.92 bits per heavy atom. The molecule has 2 saturated carbocycles. The molecule has 3 fully saturated rings. The molecule has 132 valence electrons. The zero-order valence-electron chi connectivity index (χ0n) is 14.0. The number of H-pyrrole nitrogens is 1. The van der Waals surface area contributed by atoms with Crippen molar-refractivity contribution < 1.29 is 9.59 Å². The quantitative estimate of drug-likeness (QED) is 0.856. The molecule has 8 heteroatoms. The molecule has 1 saturated heterocycles. The summed E-state index contributed by atoms with van der Waals surface area (Å²) in [5.74, 6) is 1.02. The average molecular weight is 343 g/mol. The Hall–Kier alpha value is -2.38. The second kappa shape index (κ2) is 5.31. The highest BCUT2D eigenvalue weighted by Crippen LogP contribution is 2.38. The Morgan fingerprint density at radius 3 is 2.64 bits per heavy atom. The minimum atomic E-state index is -0.126. The number of aromatic nitrogens is 2. The van der Waals surface area contributed by atoms with Crippen LogP contribution in [0, 0.1) is 0 Å². The highest BCUT2D eigenvalue weighted by atomic mass is 16.2. The Morgan fingerprint density at radius 1 is 1.12 bits per heavy atom. The number of hydrogen-bond acceptors (Lipinski definition) is 4. The van der Waals surface area contributed by atoms with E-state index in [0.717, 1.165) is 31.5 Å². The Labute approximate surface area is 144 Å². The monoisotopic (exact) mass is 343 g/mol. The van der Waals surface area contributed by atoms with Crippen LogP contribution in [0.25, 0.3) is 0 Å². The van der Waals surface area contributed by atoms with Crippen molar-refractivity contribution in [1.29, 1.82) is 0 Å². The van der Waals surface area contributed by atoms with E-state index in [1.54, 1.807) is 9.80 Å². The maximum Gasteiger partial charge on any atom is 0.320 e. The third-order valence-corrected chi connectivity index (χ3v) is 5.57. The Balaban J connectivity index is 1.27. The predicted octanol–water partition coefficient (Wildman–Crippen LogP) is 0.389. The van der Waals surface area contributed by atoms with E-state index in [-0.39, 0.29) is 30.6 Å². The van der Waals surface area contributed by atoms with Crippen LogP contribution in [0.2, 0.25) is 0 Å². The highest BCUT2D eigenvalue weighted by molar-refractivity contribution is 5.85. The first kappa shape index (κ1) is 14.9. The lowest BCUT2D eigenvalue weighted by Gasteiger charge is -2.21. The largest absolute Gasteiger partial charge is 0.331 e. The van der Waals surface area contributed by atoms with Crippen LogP contribution < -0.4 is 5.56 Å². The molecule has 8 nitrogen and oxygen atoms in total. The SMILES string of the molecule is O=C(CN1CCN(C2CC2)C1=O)N1Cc2nc(C3CC3)[nH]c(=O)c2C1. The van der Waals surface area contributed by atoms with Gasteiger partial charge in [0.15, 0.2) is 0 Å². The van der Waals surface area contributed by atoms with Crippen molar-refractivity contribution in [2.24, 2.45) is 0 Å². The van der Waals surface area contributed by atoms with Crippen LogP contribution in [0.15, 0.2) is 4.79 Å². The van der Waals surface area contributed by atoms with E-state index >= 15 is 0 Å². The van der Waals surface area contributed by atoms with Gasteiger partial charge in [0.25, 0.3) is 5.56 Å². The smallest absolute Gasteiger partial charge is 0.320 e. The van der Waals surface area contributed by atoms with Gasteiger partial charge >= 0.3 is 6.03 Å². The Bertz CT molecular complexity index is 811. The first-order valence-electron chi connectivity index (χ1n) is 9.05. The van der Waals surface area contributed by atoms with Crippen LogP contribution in [-0.2, 0) is 17.9 Å². The van der Waals surface area contributed by atoms with Gasteiger partial charge < -0.3 is 19.7 Å². The summed E-state index contributed by atoms with van der Waals surface area (Å²) in [6, 6.07) is 0.354. The van der Waals surface area contributed by atoms with Gasteiger partial charge in [0.1, 0.15) is 12.4 Å². The van der Waals surface area contributed by atoms with Crippen LogP contribution >= 0.6 is 0 Å². The lowest BCUT2D eigenvalue weighted by atomic mass is 10.2. The topological polar surface area (TPSA) is 89.6 Å². The molecule has 2 aliphatic carbocycles. The average Bonchev–Trinajstić information content (AvgIpc) is 3.51. The summed E-state index contributed by atoms with van der Waals surface area (Å²) in [6.45, 7) is 2.06. The number of hydrogen-bond donors (Lipinski definition) is 1. The molecule has 3 amide bonds. The van der Waals surface area contributed by atoms with Crippen molar-refractivity contribution in [3.05, 3.63) is 27.4 Å². The predicted molar refractivity (Wildman–Crippen MR) is 87.8 cm³/mol. The lowest BCUT2D eigenvalue weighted by molar-refractivity contribution is -0.132. The summed E-state index contributed by atoms with van der Waals surface area (Å²) < 4.78 is 0. The first-order valence-corrected chi connectivity index (χ1v) is 9.05. The molecular weight excluding hydrogens is 322 g/mol. The van der Waals surface area contributed by atoms with Crippen LogP contribution in [0.3, 0.4) is 0 Å². The van der Waals surface area contributed by atoms with Crippen molar-refractivity contribution in [2.75, 3.05) is 19.6 Å². The highest BCUT2D eigenvalue weighted by Gasteiger charge is 2.40. The maximum atomic E-state index is 12.6. The zero-order chi connectivity index (χ0) is 17.1. The molecule has 2 aliphatic heterocycles. The number of urea groups is 1. The molecule has 1 aromatic heterocycles. The molecule has 1 N–H and O–H groups in total. The molecule has 25 heavy (non-hydrogen) atoms. The third-order valence-electron chi connectivity index (χ3n) is 5.57. The van der Waals surface area contributed by atoms with E-state index in [0.29, 0.717) is 42.9 Å². The molecule has 5 rings (SSSR count). The van der Waals surface area contributed by atoms with Gasteiger partial charge in [-0.25, -0.2) is 9.78 Å². The van der Waals surface area contributed by atoms with Gasteiger partial charge in [0.05, 0.1) is 24.3 Å². The molecule has 0 spiro atoms. The molecule has 3 heterocycles. The number of fused-ring (bicyclic) bond motifs is 1. The second-order valence-corrected chi connectivity index (χ2v) is 7.53. The molecule has 4 aliphatic rings. The van der Waals surface area contributed by atoms with Crippen LogP contribution in [0.1, 0.15) is 48.7 Å². The number of amides is 3. The fraction of sp³-hybridized carbons (Fsp3) is 0.647. The fourth-order valence-electron chi connectivity index (χ4n) is 3.75. The van der Waals surface area contributed by atoms with E-state index in [1.165, 1.54) is 0 Å². The molecular formula is C17H21N5O3. The molecule has 1 aromatic rings. The second-order valence-electron chi connectivity index (χ2n) is 7.53. The van der Waals surface area contributed by atoms with Gasteiger partial charge in [-0.3, -0.25) is 9.59 Å². The van der Waals surface area contributed by atoms with E-state index in [2.05, 4.69) is 9.97 Å². The summed E-state index contributed by atoms with van der Waals surface area (Å²) in [7, 11) is 0.